The van der Waals surface area contributed by atoms with Crippen molar-refractivity contribution < 1.29 is 24.2 Å². The van der Waals surface area contributed by atoms with Crippen molar-refractivity contribution in [2.75, 3.05) is 13.2 Å². The SMILES string of the molecule is CC(C)[C@H]1c2ccccc2CCN1C(=O)[C@H]1C[C@@H](NC(=O)OC(C)(C)C)[C@H](O)CO1. The van der Waals surface area contributed by atoms with Gasteiger partial charge in [0.1, 0.15) is 11.7 Å². The summed E-state index contributed by atoms with van der Waals surface area (Å²) in [7, 11) is 0. The van der Waals surface area contributed by atoms with Crippen LogP contribution in [0.5, 0.6) is 0 Å². The minimum Gasteiger partial charge on any atom is -0.444 e. The zero-order chi connectivity index (χ0) is 22.1. The molecule has 7 heteroatoms. The van der Waals surface area contributed by atoms with Crippen LogP contribution in [-0.2, 0) is 20.7 Å². The van der Waals surface area contributed by atoms with Crippen molar-refractivity contribution in [3.8, 4) is 0 Å². The van der Waals surface area contributed by atoms with E-state index in [2.05, 4.69) is 31.3 Å². The highest BCUT2D eigenvalue weighted by atomic mass is 16.6. The number of alkyl carbamates (subject to hydrolysis) is 1. The van der Waals surface area contributed by atoms with Crippen LogP contribution >= 0.6 is 0 Å². The molecular formula is C23H34N2O5. The van der Waals surface area contributed by atoms with Gasteiger partial charge in [0.2, 0.25) is 0 Å². The van der Waals surface area contributed by atoms with Crippen molar-refractivity contribution in [1.29, 1.82) is 0 Å². The number of aliphatic hydroxyl groups excluding tert-OH is 1. The molecule has 2 aliphatic heterocycles. The molecule has 30 heavy (non-hydrogen) atoms. The van der Waals surface area contributed by atoms with Crippen molar-refractivity contribution in [2.24, 2.45) is 5.92 Å². The van der Waals surface area contributed by atoms with Gasteiger partial charge in [-0.15, -0.1) is 0 Å². The van der Waals surface area contributed by atoms with E-state index in [4.69, 9.17) is 9.47 Å². The first-order valence-electron chi connectivity index (χ1n) is 10.7. The Balaban J connectivity index is 1.72. The average Bonchev–Trinajstić information content (AvgIpc) is 2.66. The van der Waals surface area contributed by atoms with Crippen molar-refractivity contribution in [3.63, 3.8) is 0 Å². The van der Waals surface area contributed by atoms with Gasteiger partial charge >= 0.3 is 6.09 Å². The minimum atomic E-state index is -0.885. The van der Waals surface area contributed by atoms with E-state index < -0.39 is 29.9 Å². The van der Waals surface area contributed by atoms with Crippen LogP contribution in [0.2, 0.25) is 0 Å². The summed E-state index contributed by atoms with van der Waals surface area (Å²) in [6, 6.07) is 7.65. The van der Waals surface area contributed by atoms with Gasteiger partial charge in [-0.2, -0.15) is 0 Å². The van der Waals surface area contributed by atoms with Crippen LogP contribution in [0.25, 0.3) is 0 Å². The van der Waals surface area contributed by atoms with Crippen molar-refractivity contribution in [2.45, 2.75) is 77.4 Å². The predicted molar refractivity (Wildman–Crippen MR) is 113 cm³/mol. The van der Waals surface area contributed by atoms with Crippen LogP contribution in [-0.4, -0.2) is 59.0 Å². The second-order valence-corrected chi connectivity index (χ2v) is 9.55. The molecule has 0 spiro atoms. The highest BCUT2D eigenvalue weighted by molar-refractivity contribution is 5.82. The van der Waals surface area contributed by atoms with Gasteiger partial charge in [0.05, 0.1) is 24.8 Å². The molecule has 2 aliphatic rings. The Kier molecular flexibility index (Phi) is 6.72. The standard InChI is InChI=1S/C23H34N2O5/c1-14(2)20-16-9-7-6-8-15(16)10-11-25(20)21(27)19-12-17(18(26)13-29-19)24-22(28)30-23(3,4)5/h6-9,14,17-20,26H,10-13H2,1-5H3,(H,24,28)/t17-,18-,19-,20+/m1/s1. The number of amides is 2. The Morgan fingerprint density at radius 1 is 1.27 bits per heavy atom. The van der Waals surface area contributed by atoms with Gasteiger partial charge in [-0.1, -0.05) is 38.1 Å². The number of benzene rings is 1. The van der Waals surface area contributed by atoms with E-state index in [1.165, 1.54) is 11.1 Å². The Hall–Kier alpha value is -2.12. The molecule has 0 aromatic heterocycles. The van der Waals surface area contributed by atoms with Crippen LogP contribution in [0.1, 0.15) is 58.2 Å². The molecule has 4 atom stereocenters. The smallest absolute Gasteiger partial charge is 0.407 e. The van der Waals surface area contributed by atoms with Crippen LogP contribution in [0, 0.1) is 5.92 Å². The first-order valence-corrected chi connectivity index (χ1v) is 10.7. The zero-order valence-corrected chi connectivity index (χ0v) is 18.6. The maximum Gasteiger partial charge on any atom is 0.407 e. The monoisotopic (exact) mass is 418 g/mol. The van der Waals surface area contributed by atoms with Crippen LogP contribution in [0.4, 0.5) is 4.79 Å². The highest BCUT2D eigenvalue weighted by Crippen LogP contribution is 2.36. The van der Waals surface area contributed by atoms with E-state index in [0.717, 1.165) is 6.42 Å². The molecule has 0 saturated carbocycles. The summed E-state index contributed by atoms with van der Waals surface area (Å²) in [6.45, 7) is 10.2. The molecule has 1 saturated heterocycles. The van der Waals surface area contributed by atoms with Gasteiger partial charge < -0.3 is 24.8 Å². The summed E-state index contributed by atoms with van der Waals surface area (Å²) in [6.07, 6.45) is -1.18. The highest BCUT2D eigenvalue weighted by Gasteiger charge is 2.41. The number of aliphatic hydroxyl groups is 1. The summed E-state index contributed by atoms with van der Waals surface area (Å²) in [5, 5.41) is 13.0. The summed E-state index contributed by atoms with van der Waals surface area (Å²) in [5.41, 5.74) is 1.83. The number of nitrogens with zero attached hydrogens (tertiary/aromatic N) is 1. The molecule has 1 aromatic rings. The minimum absolute atomic E-state index is 0.00631. The number of hydrogen-bond donors (Lipinski definition) is 2. The van der Waals surface area contributed by atoms with E-state index in [0.29, 0.717) is 6.54 Å². The Morgan fingerprint density at radius 3 is 2.63 bits per heavy atom. The number of carbonyl (C=O) groups is 2. The zero-order valence-electron chi connectivity index (χ0n) is 18.6. The van der Waals surface area contributed by atoms with Crippen LogP contribution in [0.15, 0.2) is 24.3 Å². The second-order valence-electron chi connectivity index (χ2n) is 9.55. The van der Waals surface area contributed by atoms with Gasteiger partial charge in [-0.25, -0.2) is 4.79 Å². The maximum atomic E-state index is 13.4. The van der Waals surface area contributed by atoms with E-state index in [1.807, 2.05) is 17.0 Å². The molecule has 0 radical (unpaired) electrons. The Labute approximate surface area is 178 Å². The third-order valence-electron chi connectivity index (χ3n) is 5.62. The lowest BCUT2D eigenvalue weighted by Crippen LogP contribution is -2.56. The fourth-order valence-corrected chi connectivity index (χ4v) is 4.32. The molecule has 3 rings (SSSR count). The van der Waals surface area contributed by atoms with Crippen LogP contribution < -0.4 is 5.32 Å². The van der Waals surface area contributed by atoms with E-state index in [1.54, 1.807) is 20.8 Å². The molecule has 7 nitrogen and oxygen atoms in total. The molecule has 0 aliphatic carbocycles. The summed E-state index contributed by atoms with van der Waals surface area (Å²) >= 11 is 0. The Bertz CT molecular complexity index is 773. The lowest BCUT2D eigenvalue weighted by atomic mass is 9.85. The lowest BCUT2D eigenvalue weighted by molar-refractivity contribution is -0.157. The number of rotatable bonds is 3. The van der Waals surface area contributed by atoms with E-state index in [-0.39, 0.29) is 30.9 Å². The number of fused-ring (bicyclic) bond motifs is 1. The van der Waals surface area contributed by atoms with Gasteiger partial charge in [-0.05, 0) is 44.2 Å². The summed E-state index contributed by atoms with van der Waals surface area (Å²) in [4.78, 5) is 27.5. The summed E-state index contributed by atoms with van der Waals surface area (Å²) < 4.78 is 11.0. The van der Waals surface area contributed by atoms with Gasteiger partial charge in [0, 0.05) is 13.0 Å². The molecule has 0 bridgehead atoms. The third-order valence-corrected chi connectivity index (χ3v) is 5.62. The molecule has 166 valence electrons. The third kappa shape index (κ3) is 5.13. The number of hydrogen-bond acceptors (Lipinski definition) is 5. The average molecular weight is 419 g/mol. The largest absolute Gasteiger partial charge is 0.444 e. The number of carbonyl (C=O) groups excluding carboxylic acids is 2. The first kappa shape index (κ1) is 22.6. The number of nitrogens with one attached hydrogen (secondary N) is 1. The molecule has 0 unspecified atom stereocenters. The quantitative estimate of drug-likeness (QED) is 0.788. The van der Waals surface area contributed by atoms with Gasteiger partial charge in [-0.3, -0.25) is 4.79 Å². The van der Waals surface area contributed by atoms with Crippen LogP contribution in [0.3, 0.4) is 0 Å². The Morgan fingerprint density at radius 2 is 1.97 bits per heavy atom. The topological polar surface area (TPSA) is 88.1 Å². The summed E-state index contributed by atoms with van der Waals surface area (Å²) in [5.74, 6) is 0.159. The van der Waals surface area contributed by atoms with E-state index in [9.17, 15) is 14.7 Å². The second kappa shape index (κ2) is 8.94. The molecule has 1 fully saturated rings. The van der Waals surface area contributed by atoms with Gasteiger partial charge in [0.25, 0.3) is 5.91 Å². The number of ether oxygens (including phenoxy) is 2. The molecule has 2 N–H and O–H groups in total. The molecule has 2 heterocycles. The predicted octanol–water partition coefficient (Wildman–Crippen LogP) is 2.81. The van der Waals surface area contributed by atoms with Crippen molar-refractivity contribution >= 4 is 12.0 Å². The van der Waals surface area contributed by atoms with Crippen molar-refractivity contribution in [3.05, 3.63) is 35.4 Å². The van der Waals surface area contributed by atoms with Gasteiger partial charge in [0.15, 0.2) is 0 Å². The fraction of sp³-hybridized carbons (Fsp3) is 0.652. The lowest BCUT2D eigenvalue weighted by Gasteiger charge is -2.43. The normalized spacial score (nSPS) is 26.8. The fourth-order valence-electron chi connectivity index (χ4n) is 4.32. The first-order chi connectivity index (χ1) is 14.1. The maximum absolute atomic E-state index is 13.4. The van der Waals surface area contributed by atoms with E-state index >= 15 is 0 Å². The molecular weight excluding hydrogens is 384 g/mol. The van der Waals surface area contributed by atoms with Crippen molar-refractivity contribution in [1.82, 2.24) is 10.2 Å². The molecule has 2 amide bonds. The molecule has 1 aromatic carbocycles.